The van der Waals surface area contributed by atoms with Crippen molar-refractivity contribution in [3.8, 4) is 0 Å². The largest absolute Gasteiger partial charge is 0.355 e. The summed E-state index contributed by atoms with van der Waals surface area (Å²) in [5.74, 6) is -1.94. The zero-order chi connectivity index (χ0) is 43.1. The van der Waals surface area contributed by atoms with Gasteiger partial charge in [-0.3, -0.25) is 0 Å². The zero-order valence-corrected chi connectivity index (χ0v) is 37.4. The zero-order valence-electron chi connectivity index (χ0n) is 37.4. The summed E-state index contributed by atoms with van der Waals surface area (Å²) < 4.78 is 52.6. The number of ether oxygens (including phenoxy) is 8. The fraction of sp³-hybridized carbons (Fsp3) is 0.538. The van der Waals surface area contributed by atoms with Gasteiger partial charge in [0, 0.05) is 57.6 Å². The molecule has 12 nitrogen and oxygen atoms in total. The minimum atomic E-state index is -0.680. The van der Waals surface area contributed by atoms with Crippen molar-refractivity contribution in [1.29, 1.82) is 0 Å². The molecule has 0 radical (unpaired) electrons. The minimum absolute atomic E-state index is 0.000747. The quantitative estimate of drug-likeness (QED) is 0.241. The highest BCUT2D eigenvalue weighted by atomic mass is 16.8. The molecule has 4 saturated heterocycles. The van der Waals surface area contributed by atoms with Crippen LogP contribution in [0.15, 0.2) is 54.6 Å². The molecule has 9 heterocycles. The maximum Gasteiger partial charge on any atom is 0.164 e. The Balaban J connectivity index is 0.984. The van der Waals surface area contributed by atoms with Gasteiger partial charge in [0.05, 0.1) is 47.2 Å². The maximum absolute atomic E-state index is 6.67. The van der Waals surface area contributed by atoms with Gasteiger partial charge >= 0.3 is 0 Å². The highest BCUT2D eigenvalue weighted by Crippen LogP contribution is 2.64. The topological polar surface area (TPSA) is 131 Å². The van der Waals surface area contributed by atoms with Crippen LogP contribution in [0.2, 0.25) is 0 Å². The molecule has 14 atom stereocenters. The van der Waals surface area contributed by atoms with Gasteiger partial charge in [0.25, 0.3) is 0 Å². The third-order valence-corrected chi connectivity index (χ3v) is 16.3. The molecule has 0 spiro atoms. The van der Waals surface area contributed by atoms with Crippen molar-refractivity contribution in [2.45, 2.75) is 158 Å². The molecule has 3 aromatic rings. The molecule has 64 heavy (non-hydrogen) atoms. The van der Waals surface area contributed by atoms with Gasteiger partial charge < -0.3 is 47.9 Å². The Bertz CT molecular complexity index is 2950. The van der Waals surface area contributed by atoms with Gasteiger partial charge in [0.1, 0.15) is 24.4 Å². The Morgan fingerprint density at radius 2 is 0.969 bits per heavy atom. The molecule has 2 N–H and O–H groups in total. The van der Waals surface area contributed by atoms with Gasteiger partial charge in [0.15, 0.2) is 23.1 Å². The number of aromatic amines is 2. The molecule has 6 aliphatic carbocycles. The lowest BCUT2D eigenvalue weighted by molar-refractivity contribution is -0.156. The molecule has 2 saturated carbocycles. The minimum Gasteiger partial charge on any atom is -0.355 e. The molecule has 6 fully saturated rings. The third-order valence-electron chi connectivity index (χ3n) is 16.3. The van der Waals surface area contributed by atoms with E-state index in [4.69, 9.17) is 47.9 Å². The SMILES string of the molecule is CC1(C)OC2C=CC(C3=Cc4cc5[nH]c(cc6nc(cc7cc(C8C=CC9OC(C)(C)OC98)c(cc3n4)[nH]7)C3=C6C4CC3C3OC(C)(C)OC43)c3c5C4CC3C3OC(C)(C)OC43)C2O1. The Hall–Kier alpha value is -4.24. The average Bonchev–Trinajstić information content (AvgIpc) is 4.01. The first-order chi connectivity index (χ1) is 30.5. The van der Waals surface area contributed by atoms with E-state index in [0.29, 0.717) is 0 Å². The highest BCUT2D eigenvalue weighted by molar-refractivity contribution is 5.99. The fourth-order valence-corrected chi connectivity index (χ4v) is 14.4. The van der Waals surface area contributed by atoms with Crippen LogP contribution >= 0.6 is 0 Å². The summed E-state index contributed by atoms with van der Waals surface area (Å²) in [6.07, 6.45) is 12.5. The second-order valence-corrected chi connectivity index (χ2v) is 22.2. The lowest BCUT2D eigenvalue weighted by Gasteiger charge is -2.24. The van der Waals surface area contributed by atoms with E-state index in [2.05, 4.69) is 70.7 Å². The predicted octanol–water partition coefficient (Wildman–Crippen LogP) is 8.92. The van der Waals surface area contributed by atoms with Crippen LogP contribution in [0, 0.1) is 17.8 Å². The summed E-state index contributed by atoms with van der Waals surface area (Å²) in [6.45, 7) is 16.2. The van der Waals surface area contributed by atoms with Crippen LogP contribution in [0.25, 0.3) is 44.9 Å². The predicted molar refractivity (Wildman–Crippen MR) is 237 cm³/mol. The number of nitrogens with one attached hydrogen (secondary N) is 2. The van der Waals surface area contributed by atoms with Crippen molar-refractivity contribution in [3.05, 3.63) is 94.1 Å². The van der Waals surface area contributed by atoms with E-state index < -0.39 is 23.1 Å². The standard InChI is InChI=1S/C52H54N4O8/c1-49(2)57-37-11-9-23(43(37)59-49)25-13-21-15-33-39-27-17-29(47-45(27)61-51(5,6)63-47)41(39)35(55-33)20-36-42-30-18-28(46-48(30)64-52(7,8)62-46)40(42)34(56-36)16-22-14-26(32(54-22)19-31(25)53-21)24-10-12-38-44(24)60-50(3,4)58-38/h9-16,19-20,23-24,27-30,37-38,43-48,53,56H,17-18H2,1-8H3. The van der Waals surface area contributed by atoms with Gasteiger partial charge in [-0.1, -0.05) is 24.3 Å². The molecular weight excluding hydrogens is 809 g/mol. The van der Waals surface area contributed by atoms with Crippen molar-refractivity contribution in [2.75, 3.05) is 0 Å². The summed E-state index contributed by atoms with van der Waals surface area (Å²) in [4.78, 5) is 18.9. The number of fused-ring (bicyclic) bond motifs is 29. The average molecular weight is 863 g/mol. The summed E-state index contributed by atoms with van der Waals surface area (Å²) in [5, 5.41) is 0. The van der Waals surface area contributed by atoms with Gasteiger partial charge in [-0.25, -0.2) is 9.97 Å². The van der Waals surface area contributed by atoms with Crippen molar-refractivity contribution in [1.82, 2.24) is 19.9 Å². The molecule has 330 valence electrons. The van der Waals surface area contributed by atoms with Crippen LogP contribution in [-0.4, -0.2) is 91.9 Å². The number of nitrogens with zero attached hydrogens (tertiary/aromatic N) is 2. The molecule has 15 rings (SSSR count). The molecule has 3 aromatic heterocycles. The van der Waals surface area contributed by atoms with Crippen LogP contribution in [0.1, 0.15) is 125 Å². The fourth-order valence-electron chi connectivity index (χ4n) is 14.4. The van der Waals surface area contributed by atoms with Gasteiger partial charge in [-0.15, -0.1) is 0 Å². The van der Waals surface area contributed by atoms with Crippen molar-refractivity contribution in [3.63, 3.8) is 0 Å². The molecular formula is C52H54N4O8. The summed E-state index contributed by atoms with van der Waals surface area (Å²) in [5.41, 5.74) is 15.4. The number of hydrogen-bond donors (Lipinski definition) is 2. The molecule has 0 amide bonds. The van der Waals surface area contributed by atoms with E-state index >= 15 is 0 Å². The molecule has 0 aromatic carbocycles. The summed E-state index contributed by atoms with van der Waals surface area (Å²) >= 11 is 0. The number of rotatable bonds is 2. The van der Waals surface area contributed by atoms with Crippen LogP contribution in [0.3, 0.4) is 0 Å². The van der Waals surface area contributed by atoms with Crippen molar-refractivity contribution >= 4 is 44.9 Å². The van der Waals surface area contributed by atoms with Crippen LogP contribution in [-0.2, 0) is 37.9 Å². The van der Waals surface area contributed by atoms with Crippen LogP contribution < -0.4 is 0 Å². The second kappa shape index (κ2) is 12.0. The normalized spacial score (nSPS) is 40.9. The number of aromatic nitrogens is 4. The van der Waals surface area contributed by atoms with E-state index in [1.54, 1.807) is 0 Å². The van der Waals surface area contributed by atoms with E-state index in [9.17, 15) is 0 Å². The van der Waals surface area contributed by atoms with E-state index in [1.807, 2.05) is 55.4 Å². The molecule has 12 bridgehead atoms. The molecule has 12 aliphatic rings. The van der Waals surface area contributed by atoms with E-state index in [1.165, 1.54) is 22.3 Å². The molecule has 12 heteroatoms. The first kappa shape index (κ1) is 37.9. The Morgan fingerprint density at radius 3 is 1.61 bits per heavy atom. The first-order valence-electron chi connectivity index (χ1n) is 23.6. The Labute approximate surface area is 371 Å². The number of hydrogen-bond acceptors (Lipinski definition) is 10. The van der Waals surface area contributed by atoms with Gasteiger partial charge in [-0.2, -0.15) is 0 Å². The van der Waals surface area contributed by atoms with E-state index in [-0.39, 0.29) is 84.3 Å². The third kappa shape index (κ3) is 5.17. The van der Waals surface area contributed by atoms with Crippen molar-refractivity contribution in [2.24, 2.45) is 17.8 Å². The van der Waals surface area contributed by atoms with Gasteiger partial charge in [-0.05, 0) is 138 Å². The Kier molecular flexibility index (Phi) is 7.12. The highest BCUT2D eigenvalue weighted by Gasteiger charge is 2.63. The second-order valence-electron chi connectivity index (χ2n) is 22.2. The molecule has 14 unspecified atom stereocenters. The lowest BCUT2D eigenvalue weighted by Crippen LogP contribution is -2.29. The summed E-state index contributed by atoms with van der Waals surface area (Å²) in [7, 11) is 0. The van der Waals surface area contributed by atoms with E-state index in [0.717, 1.165) is 68.8 Å². The Morgan fingerprint density at radius 1 is 0.469 bits per heavy atom. The first-order valence-corrected chi connectivity index (χ1v) is 23.6. The lowest BCUT2D eigenvalue weighted by atomic mass is 9.86. The molecule has 6 aliphatic heterocycles. The van der Waals surface area contributed by atoms with Crippen molar-refractivity contribution < 1.29 is 37.9 Å². The van der Waals surface area contributed by atoms with Crippen LogP contribution in [0.5, 0.6) is 0 Å². The maximum atomic E-state index is 6.67. The monoisotopic (exact) mass is 862 g/mol. The van der Waals surface area contributed by atoms with Gasteiger partial charge in [0.2, 0.25) is 0 Å². The smallest absolute Gasteiger partial charge is 0.164 e. The number of H-pyrrole nitrogens is 2. The van der Waals surface area contributed by atoms with Crippen LogP contribution in [0.4, 0.5) is 0 Å². The summed E-state index contributed by atoms with van der Waals surface area (Å²) in [6, 6.07) is 11.4.